The lowest BCUT2D eigenvalue weighted by Crippen LogP contribution is -2.14. The summed E-state index contributed by atoms with van der Waals surface area (Å²) >= 11 is 5.45. The highest BCUT2D eigenvalue weighted by atomic mass is 35.5. The minimum atomic E-state index is -2.70. The Morgan fingerprint density at radius 2 is 2.29 bits per heavy atom. The monoisotopic (exact) mass is 223 g/mol. The predicted molar refractivity (Wildman–Crippen MR) is 48.1 cm³/mol. The minimum absolute atomic E-state index is 0.0203. The van der Waals surface area contributed by atoms with Crippen molar-refractivity contribution in [1.82, 2.24) is 4.98 Å². The highest BCUT2D eigenvalue weighted by Crippen LogP contribution is 2.29. The summed E-state index contributed by atoms with van der Waals surface area (Å²) in [5, 5.41) is 0. The van der Waals surface area contributed by atoms with Crippen molar-refractivity contribution in [2.24, 2.45) is 0 Å². The molecule has 0 aliphatic rings. The third-order valence-electron chi connectivity index (χ3n) is 1.74. The molecule has 1 rings (SSSR count). The van der Waals surface area contributed by atoms with Gasteiger partial charge in [0.2, 0.25) is 0 Å². The molecule has 0 amide bonds. The largest absolute Gasteiger partial charge is 0.496 e. The Kier molecular flexibility index (Phi) is 3.46. The average Bonchev–Trinajstić information content (AvgIpc) is 2.16. The number of rotatable bonds is 3. The van der Waals surface area contributed by atoms with Gasteiger partial charge in [0, 0.05) is 6.20 Å². The Morgan fingerprint density at radius 3 is 2.71 bits per heavy atom. The number of ether oxygens (including phenoxy) is 1. The van der Waals surface area contributed by atoms with E-state index in [0.29, 0.717) is 0 Å². The van der Waals surface area contributed by atoms with Gasteiger partial charge in [-0.1, -0.05) is 0 Å². The SMILES string of the molecule is COc1c(C(F)F)c[nH]c(=O)c1CCl. The van der Waals surface area contributed by atoms with Crippen LogP contribution in [0.1, 0.15) is 17.6 Å². The van der Waals surface area contributed by atoms with E-state index in [-0.39, 0.29) is 22.8 Å². The molecule has 0 unspecified atom stereocenters. The van der Waals surface area contributed by atoms with Crippen molar-refractivity contribution in [2.75, 3.05) is 7.11 Å². The molecule has 0 saturated heterocycles. The van der Waals surface area contributed by atoms with E-state index in [1.54, 1.807) is 0 Å². The Morgan fingerprint density at radius 1 is 1.64 bits per heavy atom. The van der Waals surface area contributed by atoms with Crippen molar-refractivity contribution in [1.29, 1.82) is 0 Å². The molecule has 0 aliphatic heterocycles. The number of hydrogen-bond donors (Lipinski definition) is 1. The molecule has 0 radical (unpaired) electrons. The number of pyridine rings is 1. The number of H-pyrrole nitrogens is 1. The summed E-state index contributed by atoms with van der Waals surface area (Å²) in [6.45, 7) is 0. The molecule has 0 bridgehead atoms. The zero-order valence-electron chi connectivity index (χ0n) is 7.31. The Bertz CT molecular complexity index is 378. The van der Waals surface area contributed by atoms with Gasteiger partial charge in [0.05, 0.1) is 24.1 Å². The molecule has 1 heterocycles. The van der Waals surface area contributed by atoms with E-state index in [2.05, 4.69) is 4.98 Å². The summed E-state index contributed by atoms with van der Waals surface area (Å²) in [4.78, 5) is 13.3. The standard InChI is InChI=1S/C8H8ClF2NO2/c1-14-6-4(2-9)8(13)12-3-5(6)7(10)11/h3,7H,2H2,1H3,(H,12,13). The number of hydrogen-bond acceptors (Lipinski definition) is 2. The van der Waals surface area contributed by atoms with E-state index in [9.17, 15) is 13.6 Å². The maximum absolute atomic E-state index is 12.4. The van der Waals surface area contributed by atoms with Gasteiger partial charge in [-0.3, -0.25) is 4.79 Å². The number of aromatic nitrogens is 1. The van der Waals surface area contributed by atoms with Crippen LogP contribution in [0.4, 0.5) is 8.78 Å². The number of halogens is 3. The van der Waals surface area contributed by atoms with Gasteiger partial charge >= 0.3 is 0 Å². The van der Waals surface area contributed by atoms with Gasteiger partial charge in [-0.15, -0.1) is 11.6 Å². The lowest BCUT2D eigenvalue weighted by atomic mass is 10.2. The summed E-state index contributed by atoms with van der Waals surface area (Å²) in [7, 11) is 1.22. The lowest BCUT2D eigenvalue weighted by Gasteiger charge is -2.09. The van der Waals surface area contributed by atoms with Crippen molar-refractivity contribution >= 4 is 11.6 Å². The second kappa shape index (κ2) is 4.41. The maximum Gasteiger partial charge on any atom is 0.268 e. The average molecular weight is 224 g/mol. The van der Waals surface area contributed by atoms with Crippen LogP contribution in [0, 0.1) is 0 Å². The van der Waals surface area contributed by atoms with Gasteiger partial charge in [-0.05, 0) is 0 Å². The third-order valence-corrected chi connectivity index (χ3v) is 2.01. The molecule has 0 aliphatic carbocycles. The van der Waals surface area contributed by atoms with Crippen LogP contribution in [0.5, 0.6) is 5.75 Å². The van der Waals surface area contributed by atoms with Crippen LogP contribution in [-0.4, -0.2) is 12.1 Å². The molecule has 1 N–H and O–H groups in total. The summed E-state index contributed by atoms with van der Waals surface area (Å²) in [5.74, 6) is -0.308. The predicted octanol–water partition coefficient (Wildman–Crippen LogP) is 2.06. The third kappa shape index (κ3) is 1.87. The minimum Gasteiger partial charge on any atom is -0.496 e. The van der Waals surface area contributed by atoms with E-state index in [4.69, 9.17) is 16.3 Å². The lowest BCUT2D eigenvalue weighted by molar-refractivity contribution is 0.146. The number of nitrogens with one attached hydrogen (secondary N) is 1. The smallest absolute Gasteiger partial charge is 0.268 e. The second-order valence-corrected chi connectivity index (χ2v) is 2.79. The second-order valence-electron chi connectivity index (χ2n) is 2.52. The fourth-order valence-corrected chi connectivity index (χ4v) is 1.34. The van der Waals surface area contributed by atoms with Crippen LogP contribution in [0.3, 0.4) is 0 Å². The van der Waals surface area contributed by atoms with Gasteiger partial charge in [0.1, 0.15) is 5.75 Å². The summed E-state index contributed by atoms with van der Waals surface area (Å²) in [6.07, 6.45) is -1.77. The van der Waals surface area contributed by atoms with E-state index >= 15 is 0 Å². The fourth-order valence-electron chi connectivity index (χ4n) is 1.10. The maximum atomic E-state index is 12.4. The zero-order valence-corrected chi connectivity index (χ0v) is 8.07. The van der Waals surface area contributed by atoms with E-state index in [1.165, 1.54) is 7.11 Å². The Labute approximate surface area is 83.7 Å². The van der Waals surface area contributed by atoms with Gasteiger partial charge in [-0.2, -0.15) is 0 Å². The topological polar surface area (TPSA) is 42.1 Å². The number of aromatic amines is 1. The fraction of sp³-hybridized carbons (Fsp3) is 0.375. The molecule has 1 aromatic heterocycles. The van der Waals surface area contributed by atoms with Crippen LogP contribution in [0.2, 0.25) is 0 Å². The number of methoxy groups -OCH3 is 1. The molecule has 0 saturated carbocycles. The first-order valence-electron chi connectivity index (χ1n) is 3.74. The van der Waals surface area contributed by atoms with Crippen LogP contribution >= 0.6 is 11.6 Å². The van der Waals surface area contributed by atoms with Crippen molar-refractivity contribution in [3.63, 3.8) is 0 Å². The normalized spacial score (nSPS) is 10.6. The van der Waals surface area contributed by atoms with Crippen molar-refractivity contribution in [2.45, 2.75) is 12.3 Å². The van der Waals surface area contributed by atoms with E-state index < -0.39 is 12.0 Å². The first kappa shape index (κ1) is 11.0. The number of alkyl halides is 3. The van der Waals surface area contributed by atoms with Gasteiger partial charge in [0.25, 0.3) is 12.0 Å². The van der Waals surface area contributed by atoms with Crippen LogP contribution in [0.25, 0.3) is 0 Å². The molecular weight excluding hydrogens is 216 g/mol. The molecule has 0 fully saturated rings. The molecule has 0 aromatic carbocycles. The molecule has 0 spiro atoms. The molecule has 6 heteroatoms. The van der Waals surface area contributed by atoms with Gasteiger partial charge in [-0.25, -0.2) is 8.78 Å². The summed E-state index contributed by atoms with van der Waals surface area (Å²) in [6, 6.07) is 0. The molecule has 1 aromatic rings. The highest BCUT2D eigenvalue weighted by molar-refractivity contribution is 6.17. The molecule has 78 valence electrons. The quantitative estimate of drug-likeness (QED) is 0.797. The zero-order chi connectivity index (χ0) is 10.7. The van der Waals surface area contributed by atoms with Crippen molar-refractivity contribution < 1.29 is 13.5 Å². The van der Waals surface area contributed by atoms with E-state index in [0.717, 1.165) is 6.20 Å². The van der Waals surface area contributed by atoms with Crippen LogP contribution in [-0.2, 0) is 5.88 Å². The van der Waals surface area contributed by atoms with Gasteiger partial charge in [0.15, 0.2) is 0 Å². The summed E-state index contributed by atoms with van der Waals surface area (Å²) < 4.78 is 29.6. The first-order valence-corrected chi connectivity index (χ1v) is 4.27. The summed E-state index contributed by atoms with van der Waals surface area (Å²) in [5.41, 5.74) is -0.851. The first-order chi connectivity index (χ1) is 6.61. The molecule has 3 nitrogen and oxygen atoms in total. The molecular formula is C8H8ClF2NO2. The van der Waals surface area contributed by atoms with Crippen molar-refractivity contribution in [3.8, 4) is 5.75 Å². The van der Waals surface area contributed by atoms with Crippen LogP contribution < -0.4 is 10.3 Å². The van der Waals surface area contributed by atoms with Gasteiger partial charge < -0.3 is 9.72 Å². The van der Waals surface area contributed by atoms with Crippen LogP contribution in [0.15, 0.2) is 11.0 Å². The van der Waals surface area contributed by atoms with Crippen molar-refractivity contribution in [3.05, 3.63) is 27.7 Å². The molecule has 0 atom stereocenters. The van der Waals surface area contributed by atoms with E-state index in [1.807, 2.05) is 0 Å². The Hall–Kier alpha value is -1.10. The highest BCUT2D eigenvalue weighted by Gasteiger charge is 2.19. The molecule has 14 heavy (non-hydrogen) atoms. The Balaban J connectivity index is 3.40.